The monoisotopic (exact) mass is 442 g/mol. The smallest absolute Gasteiger partial charge is 0.269 e. The van der Waals surface area contributed by atoms with Gasteiger partial charge in [-0.2, -0.15) is 0 Å². The van der Waals surface area contributed by atoms with Crippen LogP contribution in [0.15, 0.2) is 42.6 Å². The first-order chi connectivity index (χ1) is 15.0. The summed E-state index contributed by atoms with van der Waals surface area (Å²) in [5, 5.41) is 22.8. The summed E-state index contributed by atoms with van der Waals surface area (Å²) in [6.07, 6.45) is 1.44. The van der Waals surface area contributed by atoms with Gasteiger partial charge >= 0.3 is 0 Å². The number of phenolic OH excluding ortho intramolecular Hbond substituents is 2. The summed E-state index contributed by atoms with van der Waals surface area (Å²) < 4.78 is 7.05. The quantitative estimate of drug-likeness (QED) is 0.562. The Labute approximate surface area is 184 Å². The number of ether oxygens (including phenoxy) is 1. The summed E-state index contributed by atoms with van der Waals surface area (Å²) >= 11 is 6.05. The van der Waals surface area contributed by atoms with Crippen molar-refractivity contribution in [2.75, 3.05) is 33.4 Å². The first-order valence-corrected chi connectivity index (χ1v) is 10.3. The number of nitrogens with one attached hydrogen (secondary N) is 1. The molecule has 0 radical (unpaired) electrons. The number of nitrogens with zero attached hydrogens (tertiary/aromatic N) is 3. The number of benzene rings is 2. The molecular weight excluding hydrogens is 420 g/mol. The van der Waals surface area contributed by atoms with Gasteiger partial charge in [0.05, 0.1) is 30.0 Å². The van der Waals surface area contributed by atoms with E-state index in [0.29, 0.717) is 22.8 Å². The maximum atomic E-state index is 12.5. The number of morpholine rings is 1. The molecule has 162 valence electrons. The van der Waals surface area contributed by atoms with Gasteiger partial charge in [-0.3, -0.25) is 14.3 Å². The normalized spacial score (nSPS) is 14.5. The molecule has 2 heterocycles. The fraction of sp³-hybridized carbons (Fsp3) is 0.273. The Hall–Kier alpha value is -3.07. The highest BCUT2D eigenvalue weighted by Gasteiger charge is 2.21. The molecule has 9 heteroatoms. The van der Waals surface area contributed by atoms with E-state index in [1.807, 2.05) is 24.3 Å². The van der Waals surface area contributed by atoms with E-state index in [9.17, 15) is 15.0 Å². The van der Waals surface area contributed by atoms with E-state index in [1.54, 1.807) is 11.6 Å². The number of aromatic nitrogens is 2. The summed E-state index contributed by atoms with van der Waals surface area (Å²) in [6, 6.07) is 10.4. The van der Waals surface area contributed by atoms with Crippen LogP contribution in [0.4, 0.5) is 0 Å². The van der Waals surface area contributed by atoms with E-state index >= 15 is 0 Å². The van der Waals surface area contributed by atoms with Gasteiger partial charge in [0.1, 0.15) is 23.0 Å². The van der Waals surface area contributed by atoms with Crippen molar-refractivity contribution in [3.8, 4) is 28.6 Å². The molecule has 0 aliphatic carbocycles. The molecule has 1 aliphatic rings. The Kier molecular flexibility index (Phi) is 6.13. The maximum absolute atomic E-state index is 12.5. The predicted octanol–water partition coefficient (Wildman–Crippen LogP) is 2.80. The zero-order valence-electron chi connectivity index (χ0n) is 17.0. The average Bonchev–Trinajstić information content (AvgIpc) is 3.22. The van der Waals surface area contributed by atoms with E-state index in [4.69, 9.17) is 16.3 Å². The fourth-order valence-corrected chi connectivity index (χ4v) is 3.75. The number of carbonyl (C=O) groups excluding carboxylic acids is 1. The summed E-state index contributed by atoms with van der Waals surface area (Å²) in [5.74, 6) is -0.416. The molecular formula is C22H23ClN4O4. The van der Waals surface area contributed by atoms with Crippen LogP contribution >= 0.6 is 11.6 Å². The number of hydrogen-bond acceptors (Lipinski definition) is 6. The van der Waals surface area contributed by atoms with Crippen LogP contribution in [0.2, 0.25) is 5.02 Å². The van der Waals surface area contributed by atoms with E-state index in [0.717, 1.165) is 44.5 Å². The number of aromatic hydroxyl groups is 2. The molecule has 3 aromatic rings. The lowest BCUT2D eigenvalue weighted by Gasteiger charge is -2.26. The van der Waals surface area contributed by atoms with Crippen molar-refractivity contribution in [1.29, 1.82) is 0 Å². The Morgan fingerprint density at radius 3 is 2.55 bits per heavy atom. The summed E-state index contributed by atoms with van der Waals surface area (Å²) in [7, 11) is 1.54. The van der Waals surface area contributed by atoms with E-state index < -0.39 is 0 Å². The van der Waals surface area contributed by atoms with Crippen LogP contribution in [-0.2, 0) is 11.3 Å². The predicted molar refractivity (Wildman–Crippen MR) is 117 cm³/mol. The molecule has 3 N–H and O–H groups in total. The number of hydrogen-bond donors (Lipinski definition) is 3. The maximum Gasteiger partial charge on any atom is 0.269 e. The highest BCUT2D eigenvalue weighted by atomic mass is 35.5. The Bertz CT molecular complexity index is 1090. The van der Waals surface area contributed by atoms with Crippen molar-refractivity contribution in [2.45, 2.75) is 6.54 Å². The minimum atomic E-state index is -0.319. The number of amides is 1. The van der Waals surface area contributed by atoms with Crippen molar-refractivity contribution < 1.29 is 19.7 Å². The Balaban J connectivity index is 1.73. The molecule has 1 aliphatic heterocycles. The van der Waals surface area contributed by atoms with Crippen LogP contribution in [0.25, 0.3) is 17.1 Å². The standard InChI is InChI=1S/C22H23ClN4O4/c1-24-22(30)18-12-25-21(16-10-17(23)20(29)11-19(16)28)27(18)15-4-2-14(3-5-15)13-26-6-8-31-9-7-26/h2-5,10-12,28-29H,6-9,13H2,1H3,(H,24,30). The van der Waals surface area contributed by atoms with Crippen molar-refractivity contribution in [3.63, 3.8) is 0 Å². The van der Waals surface area contributed by atoms with Crippen LogP contribution in [0.1, 0.15) is 16.1 Å². The molecule has 1 aromatic heterocycles. The largest absolute Gasteiger partial charge is 0.507 e. The number of phenols is 2. The van der Waals surface area contributed by atoms with Crippen molar-refractivity contribution in [1.82, 2.24) is 19.8 Å². The molecule has 1 fully saturated rings. The molecule has 31 heavy (non-hydrogen) atoms. The summed E-state index contributed by atoms with van der Waals surface area (Å²) in [4.78, 5) is 19.2. The molecule has 0 spiro atoms. The SMILES string of the molecule is CNC(=O)c1cnc(-c2cc(Cl)c(O)cc2O)n1-c1ccc(CN2CCOCC2)cc1. The summed E-state index contributed by atoms with van der Waals surface area (Å²) in [6.45, 7) is 4.09. The Morgan fingerprint density at radius 2 is 1.87 bits per heavy atom. The van der Waals surface area contributed by atoms with Gasteiger partial charge in [0.15, 0.2) is 0 Å². The Morgan fingerprint density at radius 1 is 1.16 bits per heavy atom. The van der Waals surface area contributed by atoms with Gasteiger partial charge in [-0.25, -0.2) is 4.98 Å². The third-order valence-electron chi connectivity index (χ3n) is 5.23. The van der Waals surface area contributed by atoms with Crippen LogP contribution in [0.5, 0.6) is 11.5 Å². The molecule has 0 bridgehead atoms. The van der Waals surface area contributed by atoms with Gasteiger partial charge in [0.25, 0.3) is 5.91 Å². The zero-order chi connectivity index (χ0) is 22.0. The summed E-state index contributed by atoms with van der Waals surface area (Å²) in [5.41, 5.74) is 2.46. The van der Waals surface area contributed by atoms with Crippen LogP contribution in [-0.4, -0.2) is 63.9 Å². The van der Waals surface area contributed by atoms with Crippen molar-refractivity contribution in [3.05, 3.63) is 58.9 Å². The molecule has 2 aromatic carbocycles. The van der Waals surface area contributed by atoms with Crippen molar-refractivity contribution in [2.24, 2.45) is 0 Å². The average molecular weight is 443 g/mol. The minimum Gasteiger partial charge on any atom is -0.507 e. The second kappa shape index (κ2) is 8.97. The second-order valence-electron chi connectivity index (χ2n) is 7.26. The van der Waals surface area contributed by atoms with Crippen LogP contribution < -0.4 is 5.32 Å². The number of halogens is 1. The topological polar surface area (TPSA) is 99.8 Å². The van der Waals surface area contributed by atoms with Gasteiger partial charge in [-0.15, -0.1) is 0 Å². The lowest BCUT2D eigenvalue weighted by molar-refractivity contribution is 0.0342. The zero-order valence-corrected chi connectivity index (χ0v) is 17.8. The molecule has 1 saturated heterocycles. The molecule has 0 saturated carbocycles. The first-order valence-electron chi connectivity index (χ1n) is 9.89. The van der Waals surface area contributed by atoms with Gasteiger partial charge in [0.2, 0.25) is 0 Å². The van der Waals surface area contributed by atoms with Crippen molar-refractivity contribution >= 4 is 17.5 Å². The van der Waals surface area contributed by atoms with E-state index in [-0.39, 0.29) is 22.4 Å². The van der Waals surface area contributed by atoms with Gasteiger partial charge in [-0.05, 0) is 23.8 Å². The number of imidazole rings is 1. The highest BCUT2D eigenvalue weighted by molar-refractivity contribution is 6.32. The molecule has 8 nitrogen and oxygen atoms in total. The molecule has 1 amide bonds. The first kappa shape index (κ1) is 21.2. The van der Waals surface area contributed by atoms with E-state index in [2.05, 4.69) is 15.2 Å². The van der Waals surface area contributed by atoms with E-state index in [1.165, 1.54) is 12.3 Å². The molecule has 0 atom stereocenters. The van der Waals surface area contributed by atoms with Gasteiger partial charge in [-0.1, -0.05) is 23.7 Å². The molecule has 4 rings (SSSR count). The van der Waals surface area contributed by atoms with Crippen LogP contribution in [0, 0.1) is 0 Å². The minimum absolute atomic E-state index is 0.0738. The number of carbonyl (C=O) groups is 1. The fourth-order valence-electron chi connectivity index (χ4n) is 3.59. The number of rotatable bonds is 5. The highest BCUT2D eigenvalue weighted by Crippen LogP contribution is 2.38. The van der Waals surface area contributed by atoms with Crippen LogP contribution in [0.3, 0.4) is 0 Å². The van der Waals surface area contributed by atoms with Gasteiger partial charge < -0.3 is 20.3 Å². The lowest BCUT2D eigenvalue weighted by Crippen LogP contribution is -2.35. The van der Waals surface area contributed by atoms with Gasteiger partial charge in [0, 0.05) is 38.4 Å². The third-order valence-corrected chi connectivity index (χ3v) is 5.53. The third kappa shape index (κ3) is 4.36. The lowest BCUT2D eigenvalue weighted by atomic mass is 10.1. The second-order valence-corrected chi connectivity index (χ2v) is 7.66. The molecule has 0 unspecified atom stereocenters.